The summed E-state index contributed by atoms with van der Waals surface area (Å²) in [6.45, 7) is 1.77. The molecular weight excluding hydrogens is 259 g/mol. The maximum Gasteiger partial charge on any atom is 0.202 e. The van der Waals surface area contributed by atoms with Crippen LogP contribution in [0.1, 0.15) is 21.7 Å². The Morgan fingerprint density at radius 1 is 1.45 bits per heavy atom. The molecule has 5 heteroatoms. The summed E-state index contributed by atoms with van der Waals surface area (Å²) in [7, 11) is 1.79. The Hall–Kier alpha value is -2.43. The van der Waals surface area contributed by atoms with Gasteiger partial charge in [-0.25, -0.2) is 4.39 Å². The first-order valence-electron chi connectivity index (χ1n) is 6.24. The highest BCUT2D eigenvalue weighted by Gasteiger charge is 2.18. The van der Waals surface area contributed by atoms with Crippen molar-refractivity contribution in [3.8, 4) is 0 Å². The molecule has 4 nitrogen and oxygen atoms in total. The number of benzene rings is 1. The molecule has 0 N–H and O–H groups in total. The number of aromatic nitrogens is 2. The third-order valence-corrected chi connectivity index (χ3v) is 3.27. The molecule has 0 saturated carbocycles. The van der Waals surface area contributed by atoms with Gasteiger partial charge in [-0.2, -0.15) is 5.10 Å². The van der Waals surface area contributed by atoms with Gasteiger partial charge in [-0.05, 0) is 30.7 Å². The summed E-state index contributed by atoms with van der Waals surface area (Å²) in [6.07, 6.45) is 3.65. The monoisotopic (exact) mass is 272 g/mol. The Labute approximate surface area is 114 Å². The van der Waals surface area contributed by atoms with Gasteiger partial charge < -0.3 is 4.42 Å². The van der Waals surface area contributed by atoms with Crippen LogP contribution in [0.5, 0.6) is 0 Å². The number of fused-ring (bicyclic) bond motifs is 1. The molecule has 102 valence electrons. The Morgan fingerprint density at radius 3 is 2.95 bits per heavy atom. The van der Waals surface area contributed by atoms with E-state index in [4.69, 9.17) is 4.42 Å². The molecule has 0 aliphatic rings. The molecule has 0 bridgehead atoms. The first kappa shape index (κ1) is 12.6. The van der Waals surface area contributed by atoms with Crippen LogP contribution in [0.25, 0.3) is 11.0 Å². The highest BCUT2D eigenvalue weighted by atomic mass is 19.1. The summed E-state index contributed by atoms with van der Waals surface area (Å²) in [5, 5.41) is 4.66. The van der Waals surface area contributed by atoms with Gasteiger partial charge in [0.2, 0.25) is 5.78 Å². The molecule has 0 radical (unpaired) electrons. The molecular formula is C15H13FN2O2. The molecule has 0 spiro atoms. The third kappa shape index (κ3) is 2.11. The zero-order valence-electron chi connectivity index (χ0n) is 11.2. The van der Waals surface area contributed by atoms with E-state index in [1.807, 2.05) is 0 Å². The average Bonchev–Trinajstić information content (AvgIpc) is 2.94. The van der Waals surface area contributed by atoms with Crippen LogP contribution < -0.4 is 0 Å². The van der Waals surface area contributed by atoms with Gasteiger partial charge in [0.05, 0.1) is 6.20 Å². The van der Waals surface area contributed by atoms with E-state index in [0.29, 0.717) is 16.5 Å². The van der Waals surface area contributed by atoms with Crippen LogP contribution in [-0.2, 0) is 13.5 Å². The third-order valence-electron chi connectivity index (χ3n) is 3.27. The van der Waals surface area contributed by atoms with Crippen molar-refractivity contribution in [2.45, 2.75) is 13.3 Å². The van der Waals surface area contributed by atoms with Crippen molar-refractivity contribution in [3.63, 3.8) is 0 Å². The molecule has 3 rings (SSSR count). The van der Waals surface area contributed by atoms with Gasteiger partial charge in [0, 0.05) is 30.6 Å². The van der Waals surface area contributed by atoms with Crippen molar-refractivity contribution < 1.29 is 13.6 Å². The Kier molecular flexibility index (Phi) is 2.89. The molecule has 2 heterocycles. The first-order valence-corrected chi connectivity index (χ1v) is 6.24. The zero-order valence-corrected chi connectivity index (χ0v) is 11.2. The molecule has 0 saturated heterocycles. The van der Waals surface area contributed by atoms with Crippen LogP contribution in [0, 0.1) is 12.7 Å². The molecule has 0 fully saturated rings. The number of carbonyl (C=O) groups is 1. The number of hydrogen-bond acceptors (Lipinski definition) is 3. The van der Waals surface area contributed by atoms with E-state index in [2.05, 4.69) is 5.10 Å². The van der Waals surface area contributed by atoms with Crippen LogP contribution in [0.2, 0.25) is 0 Å². The Balaban J connectivity index is 1.97. The fraction of sp³-hybridized carbons (Fsp3) is 0.200. The maximum absolute atomic E-state index is 13.2. The second-order valence-electron chi connectivity index (χ2n) is 4.82. The average molecular weight is 272 g/mol. The van der Waals surface area contributed by atoms with E-state index in [-0.39, 0.29) is 23.8 Å². The van der Waals surface area contributed by atoms with E-state index in [1.165, 1.54) is 12.1 Å². The predicted molar refractivity (Wildman–Crippen MR) is 72.2 cm³/mol. The maximum atomic E-state index is 13.2. The topological polar surface area (TPSA) is 48.0 Å². The van der Waals surface area contributed by atoms with Gasteiger partial charge in [-0.1, -0.05) is 0 Å². The number of Topliss-reactive ketones (excluding diaryl/α,β-unsaturated/α-hetero) is 1. The predicted octanol–water partition coefficient (Wildman–Crippen LogP) is 3.04. The largest absolute Gasteiger partial charge is 0.453 e. The van der Waals surface area contributed by atoms with E-state index < -0.39 is 0 Å². The summed E-state index contributed by atoms with van der Waals surface area (Å²) in [5.74, 6) is -0.186. The lowest BCUT2D eigenvalue weighted by molar-refractivity contribution is 0.0967. The van der Waals surface area contributed by atoms with Crippen molar-refractivity contribution in [3.05, 3.63) is 53.3 Å². The molecule has 0 unspecified atom stereocenters. The van der Waals surface area contributed by atoms with E-state index in [1.54, 1.807) is 37.1 Å². The summed E-state index contributed by atoms with van der Waals surface area (Å²) in [6, 6.07) is 4.24. The lowest BCUT2D eigenvalue weighted by Crippen LogP contribution is -2.03. The van der Waals surface area contributed by atoms with Crippen LogP contribution in [-0.4, -0.2) is 15.6 Å². The van der Waals surface area contributed by atoms with Gasteiger partial charge in [-0.3, -0.25) is 9.48 Å². The summed E-state index contributed by atoms with van der Waals surface area (Å²) >= 11 is 0. The molecule has 0 amide bonds. The van der Waals surface area contributed by atoms with Crippen molar-refractivity contribution >= 4 is 16.8 Å². The molecule has 1 aromatic carbocycles. The normalized spacial score (nSPS) is 11.2. The van der Waals surface area contributed by atoms with Gasteiger partial charge in [-0.15, -0.1) is 0 Å². The van der Waals surface area contributed by atoms with E-state index in [0.717, 1.165) is 5.56 Å². The first-order chi connectivity index (χ1) is 9.54. The van der Waals surface area contributed by atoms with E-state index in [9.17, 15) is 9.18 Å². The molecule has 3 aromatic rings. The number of hydrogen-bond donors (Lipinski definition) is 0. The Bertz CT molecular complexity index is 801. The second-order valence-corrected chi connectivity index (χ2v) is 4.82. The van der Waals surface area contributed by atoms with Crippen molar-refractivity contribution in [2.24, 2.45) is 7.05 Å². The SMILES string of the molecule is Cc1c(C(=O)Cc2cnn(C)c2)oc2ccc(F)cc12. The number of rotatable bonds is 3. The summed E-state index contributed by atoms with van der Waals surface area (Å²) < 4.78 is 20.4. The number of carbonyl (C=O) groups excluding carboxylic acids is 1. The Morgan fingerprint density at radius 2 is 2.25 bits per heavy atom. The lowest BCUT2D eigenvalue weighted by atomic mass is 10.1. The molecule has 0 aliphatic carbocycles. The highest BCUT2D eigenvalue weighted by molar-refractivity contribution is 6.01. The van der Waals surface area contributed by atoms with Crippen molar-refractivity contribution in [1.82, 2.24) is 9.78 Å². The highest BCUT2D eigenvalue weighted by Crippen LogP contribution is 2.26. The molecule has 20 heavy (non-hydrogen) atoms. The van der Waals surface area contributed by atoms with Crippen LogP contribution in [0.4, 0.5) is 4.39 Å². The fourth-order valence-electron chi connectivity index (χ4n) is 2.29. The number of furan rings is 1. The van der Waals surface area contributed by atoms with Crippen LogP contribution in [0.15, 0.2) is 35.0 Å². The molecule has 0 aliphatic heterocycles. The summed E-state index contributed by atoms with van der Waals surface area (Å²) in [5.41, 5.74) is 2.02. The quantitative estimate of drug-likeness (QED) is 0.688. The van der Waals surface area contributed by atoms with Gasteiger partial charge in [0.15, 0.2) is 5.76 Å². The van der Waals surface area contributed by atoms with Crippen molar-refractivity contribution in [1.29, 1.82) is 0 Å². The molecule has 0 atom stereocenters. The van der Waals surface area contributed by atoms with Crippen molar-refractivity contribution in [2.75, 3.05) is 0 Å². The number of halogens is 1. The zero-order chi connectivity index (χ0) is 14.3. The van der Waals surface area contributed by atoms with Gasteiger partial charge >= 0.3 is 0 Å². The fourth-order valence-corrected chi connectivity index (χ4v) is 2.29. The number of ketones is 1. The summed E-state index contributed by atoms with van der Waals surface area (Å²) in [4.78, 5) is 12.3. The standard InChI is InChI=1S/C15H13FN2O2/c1-9-12-6-11(16)3-4-14(12)20-15(9)13(19)5-10-7-17-18(2)8-10/h3-4,6-8H,5H2,1-2H3. The number of nitrogens with zero attached hydrogens (tertiary/aromatic N) is 2. The van der Waals surface area contributed by atoms with E-state index >= 15 is 0 Å². The smallest absolute Gasteiger partial charge is 0.202 e. The van der Waals surface area contributed by atoms with Crippen LogP contribution in [0.3, 0.4) is 0 Å². The minimum absolute atomic E-state index is 0.132. The minimum Gasteiger partial charge on any atom is -0.453 e. The van der Waals surface area contributed by atoms with Gasteiger partial charge in [0.1, 0.15) is 11.4 Å². The minimum atomic E-state index is -0.340. The van der Waals surface area contributed by atoms with Gasteiger partial charge in [0.25, 0.3) is 0 Å². The van der Waals surface area contributed by atoms with Crippen LogP contribution >= 0.6 is 0 Å². The second kappa shape index (κ2) is 4.59. The number of aryl methyl sites for hydroxylation is 2. The molecule has 2 aromatic heterocycles. The lowest BCUT2D eigenvalue weighted by Gasteiger charge is -1.96.